The molecule has 1 radical (unpaired) electrons. The van der Waals surface area contributed by atoms with Crippen LogP contribution in [0.25, 0.3) is 89.3 Å². The Labute approximate surface area is 470 Å². The van der Waals surface area contributed by atoms with Crippen LogP contribution in [-0.4, -0.2) is 32.4 Å². The van der Waals surface area contributed by atoms with Gasteiger partial charge in [-0.1, -0.05) is 58.0 Å². The normalized spacial score (nSPS) is 11.9. The monoisotopic (exact) mass is 1250 g/mol. The SMILES string of the molecule is CC(C)c1c[c]([Ge]([CH3])([CH3])[c]2ccc(-c3ccccc3)cc2)cc(C(C)C)c1-n1c(-c2[c-]ccc3c2oc2ccccc23)nc2ccccc21.CC(C)c1cccc(C(C)C)c1-n1c(-c2[c-]cccc2)nc2ccccc21.[Ir]. The summed E-state index contributed by atoms with van der Waals surface area (Å²) in [7, 11) is 0. The number of furan rings is 1. The number of imidazole rings is 2. The van der Waals surface area contributed by atoms with Crippen molar-refractivity contribution in [3.63, 3.8) is 0 Å². The van der Waals surface area contributed by atoms with Gasteiger partial charge < -0.3 is 4.57 Å². The summed E-state index contributed by atoms with van der Waals surface area (Å²) in [6.45, 7) is 18.3. The fourth-order valence-corrected chi connectivity index (χ4v) is 16.0. The molecule has 3 aromatic heterocycles. The quantitative estimate of drug-likeness (QED) is 0.0958. The van der Waals surface area contributed by atoms with E-state index in [0.29, 0.717) is 23.7 Å². The fourth-order valence-electron chi connectivity index (χ4n) is 11.1. The second-order valence-electron chi connectivity index (χ2n) is 22.0. The van der Waals surface area contributed by atoms with Gasteiger partial charge in [-0.05, 0) is 35.1 Å². The van der Waals surface area contributed by atoms with Gasteiger partial charge in [0.1, 0.15) is 0 Å². The summed E-state index contributed by atoms with van der Waals surface area (Å²) >= 11 is -2.73. The molecule has 7 heteroatoms. The van der Waals surface area contributed by atoms with Crippen LogP contribution in [0.4, 0.5) is 0 Å². The molecule has 0 aliphatic carbocycles. The first kappa shape index (κ1) is 53.3. The van der Waals surface area contributed by atoms with Crippen molar-refractivity contribution in [2.24, 2.45) is 0 Å². The molecule has 0 aliphatic heterocycles. The van der Waals surface area contributed by atoms with Gasteiger partial charge in [-0.3, -0.25) is 4.98 Å². The van der Waals surface area contributed by atoms with Crippen LogP contribution in [0.1, 0.15) is 101 Å². The number of hydrogen-bond acceptors (Lipinski definition) is 3. The molecule has 0 unspecified atom stereocenters. The van der Waals surface area contributed by atoms with Crippen LogP contribution in [-0.2, 0) is 20.1 Å². The molecule has 0 saturated carbocycles. The molecule has 0 spiro atoms. The van der Waals surface area contributed by atoms with Crippen LogP contribution in [0.3, 0.4) is 0 Å². The van der Waals surface area contributed by atoms with Gasteiger partial charge in [0, 0.05) is 25.8 Å². The molecule has 387 valence electrons. The Balaban J connectivity index is 0.000000203. The zero-order chi connectivity index (χ0) is 52.8. The van der Waals surface area contributed by atoms with E-state index < -0.39 is 13.3 Å². The average molecular weight is 1240 g/mol. The van der Waals surface area contributed by atoms with E-state index in [4.69, 9.17) is 14.4 Å². The molecule has 0 bridgehead atoms. The van der Waals surface area contributed by atoms with Crippen molar-refractivity contribution in [1.82, 2.24) is 19.1 Å². The maximum Gasteiger partial charge on any atom is 0.0774 e. The van der Waals surface area contributed by atoms with E-state index in [1.165, 1.54) is 53.5 Å². The Hall–Kier alpha value is -7.09. The van der Waals surface area contributed by atoms with Crippen molar-refractivity contribution in [3.8, 4) is 45.3 Å². The molecular weight excluding hydrogens is 1180 g/mol. The van der Waals surface area contributed by atoms with Gasteiger partial charge in [-0.2, -0.15) is 0 Å². The summed E-state index contributed by atoms with van der Waals surface area (Å²) in [4.78, 5) is 10.3. The van der Waals surface area contributed by atoms with Crippen LogP contribution in [0.15, 0.2) is 199 Å². The van der Waals surface area contributed by atoms with E-state index in [9.17, 15) is 0 Å². The zero-order valence-electron chi connectivity index (χ0n) is 45.8. The molecular formula is C70H66GeIrN4O-2. The van der Waals surface area contributed by atoms with Crippen LogP contribution >= 0.6 is 0 Å². The molecule has 77 heavy (non-hydrogen) atoms. The van der Waals surface area contributed by atoms with E-state index >= 15 is 0 Å². The molecule has 12 rings (SSSR count). The molecule has 0 aliphatic rings. The largest absolute Gasteiger partial charge is 0.333 e. The number of hydrogen-bond donors (Lipinski definition) is 0. The maximum atomic E-state index is 6.55. The van der Waals surface area contributed by atoms with E-state index in [0.717, 1.165) is 66.8 Å². The first-order valence-corrected chi connectivity index (χ1v) is 33.3. The van der Waals surface area contributed by atoms with E-state index in [2.05, 4.69) is 246 Å². The molecule has 12 aromatic rings. The van der Waals surface area contributed by atoms with Gasteiger partial charge in [-0.15, -0.1) is 35.9 Å². The molecule has 0 atom stereocenters. The van der Waals surface area contributed by atoms with Crippen LogP contribution in [0.5, 0.6) is 0 Å². The minimum Gasteiger partial charge on any atom is -0.333 e. The smallest absolute Gasteiger partial charge is 0.0774 e. The second kappa shape index (κ2) is 22.1. The van der Waals surface area contributed by atoms with Crippen molar-refractivity contribution in [2.45, 2.75) is 90.6 Å². The van der Waals surface area contributed by atoms with Crippen LogP contribution in [0, 0.1) is 12.1 Å². The minimum atomic E-state index is -2.73. The summed E-state index contributed by atoms with van der Waals surface area (Å²) in [5.74, 6) is 8.33. The van der Waals surface area contributed by atoms with Crippen molar-refractivity contribution >= 4 is 66.1 Å². The van der Waals surface area contributed by atoms with E-state index in [-0.39, 0.29) is 20.1 Å². The summed E-state index contributed by atoms with van der Waals surface area (Å²) in [5.41, 5.74) is 18.2. The third-order valence-corrected chi connectivity index (χ3v) is 22.6. The number of benzene rings is 9. The Morgan fingerprint density at radius 2 is 0.961 bits per heavy atom. The molecule has 0 amide bonds. The van der Waals surface area contributed by atoms with E-state index in [1.807, 2.05) is 36.4 Å². The zero-order valence-corrected chi connectivity index (χ0v) is 50.3. The number of para-hydroxylation sites is 6. The summed E-state index contributed by atoms with van der Waals surface area (Å²) in [6, 6.07) is 76.1. The summed E-state index contributed by atoms with van der Waals surface area (Å²) < 4.78 is 14.3. The van der Waals surface area contributed by atoms with Gasteiger partial charge in [0.05, 0.1) is 16.9 Å². The summed E-state index contributed by atoms with van der Waals surface area (Å²) in [5, 5.41) is 2.19. The molecule has 0 saturated heterocycles. The topological polar surface area (TPSA) is 48.8 Å². The first-order chi connectivity index (χ1) is 36.8. The van der Waals surface area contributed by atoms with Gasteiger partial charge in [-0.25, -0.2) is 0 Å². The average Bonchev–Trinajstić information content (AvgIpc) is 4.21. The van der Waals surface area contributed by atoms with Gasteiger partial charge in [0.25, 0.3) is 0 Å². The van der Waals surface area contributed by atoms with Crippen molar-refractivity contribution in [3.05, 3.63) is 229 Å². The third-order valence-electron chi connectivity index (χ3n) is 15.3. The summed E-state index contributed by atoms with van der Waals surface area (Å²) in [6.07, 6.45) is 0. The Morgan fingerprint density at radius 1 is 0.442 bits per heavy atom. The molecule has 3 heterocycles. The van der Waals surface area contributed by atoms with Gasteiger partial charge in [0.15, 0.2) is 0 Å². The molecule has 0 N–H and O–H groups in total. The maximum absolute atomic E-state index is 6.55. The molecule has 5 nitrogen and oxygen atoms in total. The predicted molar refractivity (Wildman–Crippen MR) is 323 cm³/mol. The van der Waals surface area contributed by atoms with Crippen LogP contribution < -0.4 is 8.79 Å². The number of nitrogens with zero attached hydrogens (tertiary/aromatic N) is 4. The Kier molecular flexibility index (Phi) is 15.3. The predicted octanol–water partition coefficient (Wildman–Crippen LogP) is 17.9. The number of fused-ring (bicyclic) bond motifs is 5. The van der Waals surface area contributed by atoms with Crippen molar-refractivity contribution in [2.75, 3.05) is 0 Å². The van der Waals surface area contributed by atoms with Crippen molar-refractivity contribution < 1.29 is 24.5 Å². The molecule has 0 fully saturated rings. The van der Waals surface area contributed by atoms with Gasteiger partial charge >= 0.3 is 293 Å². The third kappa shape index (κ3) is 9.97. The van der Waals surface area contributed by atoms with Gasteiger partial charge in [0.2, 0.25) is 0 Å². The fraction of sp³-hybridized carbons (Fsp3) is 0.200. The minimum absolute atomic E-state index is 0. The van der Waals surface area contributed by atoms with Crippen molar-refractivity contribution in [1.29, 1.82) is 0 Å². The number of aromatic nitrogens is 4. The van der Waals surface area contributed by atoms with E-state index in [1.54, 1.807) is 0 Å². The molecule has 9 aromatic carbocycles. The first-order valence-electron chi connectivity index (χ1n) is 27.0. The Bertz CT molecular complexity index is 3980. The second-order valence-corrected chi connectivity index (χ2v) is 31.2. The van der Waals surface area contributed by atoms with Crippen LogP contribution in [0.2, 0.25) is 11.5 Å². The number of rotatable bonds is 11. The standard InChI is InChI=1S/C45H41GeN2O.C25H25N2.Ir/c1-29(2)38-27-34(46(5,6)33-25-23-32(24-26-33)31-15-8-7-9-16-31)28-39(30(3)4)43(38)48-41-21-12-11-20-40(41)47-45(48)37-19-14-18-36-35-17-10-13-22-42(35)49-44(36)37;1-17(2)20-13-10-14-21(18(3)4)24(20)27-23-16-9-8-15-22(23)26-25(27)19-11-6-5-7-12-19;/h7-18,20-30H,1-6H3;5-11,13-18H,1-4H3;/q2*-1;. The Morgan fingerprint density at radius 3 is 1.56 bits per heavy atom.